The molecule has 5 rings (SSSR count). The number of anilines is 2. The van der Waals surface area contributed by atoms with Crippen molar-refractivity contribution in [1.29, 1.82) is 0 Å². The second-order valence-electron chi connectivity index (χ2n) is 7.94. The number of rotatable bonds is 4. The standard InChI is InChI=1S/C26H22ClN3O3/c27-20-7-5-18(6-8-20)25(31)28-21-9-11-22(12-10-21)29-13-15-30(16-14-29)26(32)24-17-19-3-1-2-4-23(19)33-24/h1-12,17H,13-16H2,(H,28,31). The van der Waals surface area contributed by atoms with Crippen LogP contribution in [0.25, 0.3) is 11.0 Å². The summed E-state index contributed by atoms with van der Waals surface area (Å²) in [7, 11) is 0. The van der Waals surface area contributed by atoms with E-state index in [1.807, 2.05) is 53.4 Å². The minimum absolute atomic E-state index is 0.0777. The van der Waals surface area contributed by atoms with Crippen molar-refractivity contribution in [3.63, 3.8) is 0 Å². The summed E-state index contributed by atoms with van der Waals surface area (Å²) in [5.41, 5.74) is 3.05. The number of benzene rings is 3. The zero-order chi connectivity index (χ0) is 22.8. The van der Waals surface area contributed by atoms with E-state index in [1.165, 1.54) is 0 Å². The summed E-state index contributed by atoms with van der Waals surface area (Å²) in [5, 5.41) is 4.42. The molecule has 3 aromatic carbocycles. The second kappa shape index (κ2) is 9.00. The first kappa shape index (κ1) is 21.1. The number of carbonyl (C=O) groups excluding carboxylic acids is 2. The molecule has 2 heterocycles. The number of fused-ring (bicyclic) bond motifs is 1. The van der Waals surface area contributed by atoms with Crippen molar-refractivity contribution in [3.8, 4) is 0 Å². The zero-order valence-corrected chi connectivity index (χ0v) is 18.6. The van der Waals surface area contributed by atoms with Gasteiger partial charge in [-0.15, -0.1) is 0 Å². The Kier molecular flexibility index (Phi) is 5.75. The molecule has 1 aromatic heterocycles. The fourth-order valence-electron chi connectivity index (χ4n) is 3.97. The highest BCUT2D eigenvalue weighted by molar-refractivity contribution is 6.30. The molecule has 2 amide bonds. The molecule has 0 atom stereocenters. The normalized spacial score (nSPS) is 13.8. The van der Waals surface area contributed by atoms with Gasteiger partial charge in [0.2, 0.25) is 0 Å². The third kappa shape index (κ3) is 4.56. The van der Waals surface area contributed by atoms with Crippen LogP contribution in [0.15, 0.2) is 83.3 Å². The molecule has 0 saturated carbocycles. The van der Waals surface area contributed by atoms with Gasteiger partial charge < -0.3 is 19.5 Å². The molecule has 166 valence electrons. The van der Waals surface area contributed by atoms with E-state index >= 15 is 0 Å². The van der Waals surface area contributed by atoms with Gasteiger partial charge in [-0.3, -0.25) is 9.59 Å². The molecule has 6 nitrogen and oxygen atoms in total. The summed E-state index contributed by atoms with van der Waals surface area (Å²) in [6.45, 7) is 2.68. The second-order valence-corrected chi connectivity index (χ2v) is 8.37. The number of furan rings is 1. The Morgan fingerprint density at radius 3 is 2.24 bits per heavy atom. The van der Waals surface area contributed by atoms with E-state index in [0.717, 1.165) is 35.4 Å². The van der Waals surface area contributed by atoms with Gasteiger partial charge in [-0.05, 0) is 60.7 Å². The van der Waals surface area contributed by atoms with Crippen LogP contribution in [0.5, 0.6) is 0 Å². The molecule has 0 bridgehead atoms. The lowest BCUT2D eigenvalue weighted by molar-refractivity contribution is 0.0717. The molecule has 0 spiro atoms. The van der Waals surface area contributed by atoms with Crippen molar-refractivity contribution in [2.75, 3.05) is 36.4 Å². The summed E-state index contributed by atoms with van der Waals surface area (Å²) in [5.74, 6) is 0.119. The van der Waals surface area contributed by atoms with Gasteiger partial charge in [0.1, 0.15) is 5.58 Å². The SMILES string of the molecule is O=C(Nc1ccc(N2CCN(C(=O)c3cc4ccccc4o3)CC2)cc1)c1ccc(Cl)cc1. The summed E-state index contributed by atoms with van der Waals surface area (Å²) in [6.07, 6.45) is 0. The van der Waals surface area contributed by atoms with E-state index in [-0.39, 0.29) is 11.8 Å². The fourth-order valence-corrected chi connectivity index (χ4v) is 4.10. The number of hydrogen-bond acceptors (Lipinski definition) is 4. The van der Waals surface area contributed by atoms with Gasteiger partial charge in [-0.2, -0.15) is 0 Å². The number of halogens is 1. The Morgan fingerprint density at radius 2 is 1.55 bits per heavy atom. The van der Waals surface area contributed by atoms with Crippen molar-refractivity contribution in [3.05, 3.63) is 95.2 Å². The van der Waals surface area contributed by atoms with Crippen LogP contribution in [-0.2, 0) is 0 Å². The first-order valence-corrected chi connectivity index (χ1v) is 11.1. The van der Waals surface area contributed by atoms with E-state index in [1.54, 1.807) is 30.3 Å². The van der Waals surface area contributed by atoms with E-state index < -0.39 is 0 Å². The minimum atomic E-state index is -0.183. The van der Waals surface area contributed by atoms with Gasteiger partial charge in [0.15, 0.2) is 5.76 Å². The Balaban J connectivity index is 1.18. The lowest BCUT2D eigenvalue weighted by Gasteiger charge is -2.35. The van der Waals surface area contributed by atoms with Crippen LogP contribution in [0.3, 0.4) is 0 Å². The number of amides is 2. The van der Waals surface area contributed by atoms with Crippen LogP contribution < -0.4 is 10.2 Å². The number of para-hydroxylation sites is 1. The summed E-state index contributed by atoms with van der Waals surface area (Å²) in [4.78, 5) is 29.3. The first-order chi connectivity index (χ1) is 16.1. The maximum atomic E-state index is 12.9. The fraction of sp³-hybridized carbons (Fsp3) is 0.154. The Labute approximate surface area is 196 Å². The maximum absolute atomic E-state index is 12.9. The molecule has 0 unspecified atom stereocenters. The van der Waals surface area contributed by atoms with E-state index in [0.29, 0.717) is 29.4 Å². The van der Waals surface area contributed by atoms with Crippen molar-refractivity contribution in [1.82, 2.24) is 4.90 Å². The molecule has 0 radical (unpaired) electrons. The largest absolute Gasteiger partial charge is 0.451 e. The van der Waals surface area contributed by atoms with Crippen molar-refractivity contribution >= 4 is 45.8 Å². The molecule has 0 aliphatic carbocycles. The average molecular weight is 460 g/mol. The minimum Gasteiger partial charge on any atom is -0.451 e. The van der Waals surface area contributed by atoms with E-state index in [9.17, 15) is 9.59 Å². The van der Waals surface area contributed by atoms with Gasteiger partial charge in [0, 0.05) is 53.5 Å². The zero-order valence-electron chi connectivity index (χ0n) is 17.8. The summed E-state index contributed by atoms with van der Waals surface area (Å²) >= 11 is 5.88. The molecule has 1 fully saturated rings. The third-order valence-corrected chi connectivity index (χ3v) is 6.05. The number of piperazine rings is 1. The van der Waals surface area contributed by atoms with E-state index in [2.05, 4.69) is 10.2 Å². The molecular formula is C26H22ClN3O3. The van der Waals surface area contributed by atoms with Crippen LogP contribution in [-0.4, -0.2) is 42.9 Å². The van der Waals surface area contributed by atoms with E-state index in [4.69, 9.17) is 16.0 Å². The highest BCUT2D eigenvalue weighted by atomic mass is 35.5. The molecule has 33 heavy (non-hydrogen) atoms. The maximum Gasteiger partial charge on any atom is 0.289 e. The van der Waals surface area contributed by atoms with Gasteiger partial charge in [-0.25, -0.2) is 0 Å². The summed E-state index contributed by atoms with van der Waals surface area (Å²) in [6, 6.07) is 23.9. The van der Waals surface area contributed by atoms with Crippen molar-refractivity contribution < 1.29 is 14.0 Å². The lowest BCUT2D eigenvalue weighted by Crippen LogP contribution is -2.48. The van der Waals surface area contributed by atoms with Crippen LogP contribution in [0.2, 0.25) is 5.02 Å². The molecule has 1 N–H and O–H groups in total. The highest BCUT2D eigenvalue weighted by Crippen LogP contribution is 2.23. The molecular weight excluding hydrogens is 438 g/mol. The van der Waals surface area contributed by atoms with Crippen LogP contribution in [0.1, 0.15) is 20.9 Å². The van der Waals surface area contributed by atoms with Crippen LogP contribution >= 0.6 is 11.6 Å². The van der Waals surface area contributed by atoms with Crippen LogP contribution in [0.4, 0.5) is 11.4 Å². The Morgan fingerprint density at radius 1 is 0.848 bits per heavy atom. The average Bonchev–Trinajstić information content (AvgIpc) is 3.29. The Bertz CT molecular complexity index is 1260. The lowest BCUT2D eigenvalue weighted by atomic mass is 10.2. The van der Waals surface area contributed by atoms with Crippen molar-refractivity contribution in [2.45, 2.75) is 0 Å². The smallest absolute Gasteiger partial charge is 0.289 e. The highest BCUT2D eigenvalue weighted by Gasteiger charge is 2.24. The van der Waals surface area contributed by atoms with Gasteiger partial charge in [0.25, 0.3) is 11.8 Å². The predicted molar refractivity (Wildman–Crippen MR) is 130 cm³/mol. The number of hydrogen-bond donors (Lipinski definition) is 1. The summed E-state index contributed by atoms with van der Waals surface area (Å²) < 4.78 is 5.73. The molecule has 1 aliphatic heterocycles. The van der Waals surface area contributed by atoms with Crippen molar-refractivity contribution in [2.24, 2.45) is 0 Å². The third-order valence-electron chi connectivity index (χ3n) is 5.80. The number of carbonyl (C=O) groups is 2. The molecule has 1 saturated heterocycles. The predicted octanol–water partition coefficient (Wildman–Crippen LogP) is 5.30. The molecule has 1 aliphatic rings. The number of nitrogens with one attached hydrogen (secondary N) is 1. The monoisotopic (exact) mass is 459 g/mol. The molecule has 4 aromatic rings. The van der Waals surface area contributed by atoms with Gasteiger partial charge in [0.05, 0.1) is 0 Å². The van der Waals surface area contributed by atoms with Crippen LogP contribution in [0, 0.1) is 0 Å². The topological polar surface area (TPSA) is 65.8 Å². The first-order valence-electron chi connectivity index (χ1n) is 10.8. The Hall–Kier alpha value is -3.77. The van der Waals surface area contributed by atoms with Gasteiger partial charge in [-0.1, -0.05) is 29.8 Å². The number of nitrogens with zero attached hydrogens (tertiary/aromatic N) is 2. The van der Waals surface area contributed by atoms with Gasteiger partial charge >= 0.3 is 0 Å². The molecule has 7 heteroatoms. The quantitative estimate of drug-likeness (QED) is 0.449.